The number of amides is 1. The molecule has 0 bridgehead atoms. The van der Waals surface area contributed by atoms with E-state index in [0.29, 0.717) is 37.1 Å². The van der Waals surface area contributed by atoms with Gasteiger partial charge in [-0.15, -0.1) is 0 Å². The molecule has 8 heteroatoms. The number of pyridine rings is 1. The van der Waals surface area contributed by atoms with Crippen LogP contribution in [0.1, 0.15) is 82.9 Å². The maximum Gasteiger partial charge on any atom is 0.254 e. The van der Waals surface area contributed by atoms with E-state index >= 15 is 0 Å². The van der Waals surface area contributed by atoms with Crippen molar-refractivity contribution in [1.29, 1.82) is 5.26 Å². The summed E-state index contributed by atoms with van der Waals surface area (Å²) < 4.78 is 7.79. The fourth-order valence-electron chi connectivity index (χ4n) is 5.74. The van der Waals surface area contributed by atoms with Crippen molar-refractivity contribution in [2.24, 2.45) is 0 Å². The molecule has 1 aromatic carbocycles. The van der Waals surface area contributed by atoms with Crippen molar-refractivity contribution in [3.8, 4) is 11.8 Å². The molecule has 2 aliphatic rings. The quantitative estimate of drug-likeness (QED) is 0.479. The molecular formula is C29H34N6O2. The van der Waals surface area contributed by atoms with Crippen LogP contribution in [0, 0.1) is 18.3 Å². The lowest BCUT2D eigenvalue weighted by Gasteiger charge is -2.36. The van der Waals surface area contributed by atoms with Crippen LogP contribution in [0.25, 0.3) is 0 Å². The van der Waals surface area contributed by atoms with Gasteiger partial charge in [0.25, 0.3) is 5.91 Å². The predicted octanol–water partition coefficient (Wildman–Crippen LogP) is 4.43. The van der Waals surface area contributed by atoms with E-state index in [-0.39, 0.29) is 11.9 Å². The van der Waals surface area contributed by atoms with Gasteiger partial charge in [0.1, 0.15) is 23.2 Å². The number of ether oxygens (including phenoxy) is 1. The van der Waals surface area contributed by atoms with E-state index in [9.17, 15) is 10.1 Å². The highest BCUT2D eigenvalue weighted by Gasteiger charge is 2.34. The van der Waals surface area contributed by atoms with Gasteiger partial charge in [-0.3, -0.25) is 14.7 Å². The third kappa shape index (κ3) is 4.72. The first-order valence-electron chi connectivity index (χ1n) is 13.1. The predicted molar refractivity (Wildman–Crippen MR) is 140 cm³/mol. The highest BCUT2D eigenvalue weighted by Crippen LogP contribution is 2.38. The van der Waals surface area contributed by atoms with E-state index in [2.05, 4.69) is 44.7 Å². The van der Waals surface area contributed by atoms with Crippen LogP contribution in [0.2, 0.25) is 0 Å². The van der Waals surface area contributed by atoms with E-state index in [1.807, 2.05) is 38.1 Å². The van der Waals surface area contributed by atoms with Crippen LogP contribution in [0.15, 0.2) is 36.8 Å². The van der Waals surface area contributed by atoms with Gasteiger partial charge in [-0.2, -0.15) is 5.26 Å². The monoisotopic (exact) mass is 498 g/mol. The smallest absolute Gasteiger partial charge is 0.254 e. The lowest BCUT2D eigenvalue weighted by molar-refractivity contribution is 0.0667. The highest BCUT2D eigenvalue weighted by molar-refractivity contribution is 5.97. The number of carbonyl (C=O) groups is 1. The molecule has 8 nitrogen and oxygen atoms in total. The first-order chi connectivity index (χ1) is 17.9. The van der Waals surface area contributed by atoms with E-state index in [1.165, 1.54) is 17.5 Å². The summed E-state index contributed by atoms with van der Waals surface area (Å²) in [5, 5.41) is 9.40. The first kappa shape index (κ1) is 25.0. The van der Waals surface area contributed by atoms with Gasteiger partial charge in [-0.25, -0.2) is 4.98 Å². The van der Waals surface area contributed by atoms with Gasteiger partial charge >= 0.3 is 0 Å². The Kier molecular flexibility index (Phi) is 6.98. The minimum Gasteiger partial charge on any atom is -0.492 e. The largest absolute Gasteiger partial charge is 0.492 e. The SMILES string of the molecule is CCOc1cc(C(C)N2CCc3c(cc(Cn4ccnc4C)cc3[C@H]3CCCN3C)C2=O)ncc1C#N. The molecule has 0 radical (unpaired) electrons. The number of carbonyl (C=O) groups excluding carboxylic acids is 1. The van der Waals surface area contributed by atoms with Crippen LogP contribution in [-0.2, 0) is 13.0 Å². The minimum atomic E-state index is -0.246. The van der Waals surface area contributed by atoms with Gasteiger partial charge < -0.3 is 14.2 Å². The van der Waals surface area contributed by atoms with E-state index < -0.39 is 0 Å². The van der Waals surface area contributed by atoms with Crippen LogP contribution < -0.4 is 4.74 Å². The number of fused-ring (bicyclic) bond motifs is 1. The molecule has 1 amide bonds. The molecule has 5 rings (SSSR count). The van der Waals surface area contributed by atoms with Crippen molar-refractivity contribution in [3.63, 3.8) is 0 Å². The number of hydrogen-bond donors (Lipinski definition) is 0. The maximum atomic E-state index is 14.0. The molecule has 2 aliphatic heterocycles. The minimum absolute atomic E-state index is 0.0315. The molecule has 1 fully saturated rings. The summed E-state index contributed by atoms with van der Waals surface area (Å²) in [6.07, 6.45) is 8.43. The average molecular weight is 499 g/mol. The zero-order chi connectivity index (χ0) is 26.1. The molecule has 2 atom stereocenters. The summed E-state index contributed by atoms with van der Waals surface area (Å²) in [5.41, 5.74) is 5.51. The van der Waals surface area contributed by atoms with Crippen LogP contribution >= 0.6 is 0 Å². The molecule has 192 valence electrons. The summed E-state index contributed by atoms with van der Waals surface area (Å²) in [6, 6.07) is 8.41. The van der Waals surface area contributed by atoms with Crippen molar-refractivity contribution in [1.82, 2.24) is 24.3 Å². The van der Waals surface area contributed by atoms with E-state index in [0.717, 1.165) is 42.0 Å². The summed E-state index contributed by atoms with van der Waals surface area (Å²) >= 11 is 0. The van der Waals surface area contributed by atoms with Gasteiger partial charge in [-0.1, -0.05) is 6.07 Å². The first-order valence-corrected chi connectivity index (χ1v) is 13.1. The number of likely N-dealkylation sites (tertiary alicyclic amines) is 1. The Balaban J connectivity index is 1.51. The Morgan fingerprint density at radius 1 is 1.24 bits per heavy atom. The molecule has 1 unspecified atom stereocenters. The van der Waals surface area contributed by atoms with Crippen molar-refractivity contribution in [2.45, 2.75) is 58.7 Å². The molecule has 0 spiro atoms. The third-order valence-electron chi connectivity index (χ3n) is 7.80. The summed E-state index contributed by atoms with van der Waals surface area (Å²) in [7, 11) is 2.18. The molecule has 1 saturated heterocycles. The second kappa shape index (κ2) is 10.3. The van der Waals surface area contributed by atoms with Crippen LogP contribution in [-0.4, -0.2) is 57.0 Å². The highest BCUT2D eigenvalue weighted by atomic mass is 16.5. The van der Waals surface area contributed by atoms with Gasteiger partial charge in [0.15, 0.2) is 0 Å². The van der Waals surface area contributed by atoms with Crippen LogP contribution in [0.3, 0.4) is 0 Å². The van der Waals surface area contributed by atoms with Crippen molar-refractivity contribution >= 4 is 5.91 Å². The number of benzene rings is 1. The molecule has 0 N–H and O–H groups in total. The summed E-state index contributed by atoms with van der Waals surface area (Å²) in [5.74, 6) is 1.50. The molecule has 0 saturated carbocycles. The Bertz CT molecular complexity index is 1360. The zero-order valence-electron chi connectivity index (χ0n) is 22.1. The fourth-order valence-corrected chi connectivity index (χ4v) is 5.74. The summed E-state index contributed by atoms with van der Waals surface area (Å²) in [4.78, 5) is 27.2. The number of nitriles is 1. The number of imidazole rings is 1. The molecule has 3 aromatic rings. The molecule has 4 heterocycles. The average Bonchev–Trinajstić information content (AvgIpc) is 3.51. The second-order valence-corrected chi connectivity index (χ2v) is 10.0. The van der Waals surface area contributed by atoms with Gasteiger partial charge in [0.05, 0.1) is 18.3 Å². The lowest BCUT2D eigenvalue weighted by atomic mass is 9.87. The number of aromatic nitrogens is 3. The fraction of sp³-hybridized carbons (Fsp3) is 0.448. The number of nitrogens with zero attached hydrogens (tertiary/aromatic N) is 6. The van der Waals surface area contributed by atoms with Crippen molar-refractivity contribution < 1.29 is 9.53 Å². The maximum absolute atomic E-state index is 14.0. The number of hydrogen-bond acceptors (Lipinski definition) is 6. The second-order valence-electron chi connectivity index (χ2n) is 10.0. The zero-order valence-corrected chi connectivity index (χ0v) is 22.1. The Morgan fingerprint density at radius 3 is 2.76 bits per heavy atom. The Hall–Kier alpha value is -3.70. The molecule has 37 heavy (non-hydrogen) atoms. The standard InChI is InChI=1S/C29H34N6O2/c1-5-37-28-15-26(32-17-22(28)16-30)19(2)35-11-8-23-24(27-7-6-10-33(27)4)13-21(14-25(23)29(35)36)18-34-12-9-31-20(34)3/h9,12-15,17,19,27H,5-8,10-11,18H2,1-4H3/t19?,27-/m1/s1. The van der Waals surface area contributed by atoms with Crippen LogP contribution in [0.4, 0.5) is 0 Å². The van der Waals surface area contributed by atoms with Gasteiger partial charge in [0, 0.05) is 49.4 Å². The molecular weight excluding hydrogens is 464 g/mol. The van der Waals surface area contributed by atoms with Crippen LogP contribution in [0.5, 0.6) is 5.75 Å². The normalized spacial score (nSPS) is 18.5. The van der Waals surface area contributed by atoms with Crippen molar-refractivity contribution in [2.75, 3.05) is 26.7 Å². The topological polar surface area (TPSA) is 87.3 Å². The third-order valence-corrected chi connectivity index (χ3v) is 7.80. The summed E-state index contributed by atoms with van der Waals surface area (Å²) in [6.45, 7) is 8.73. The molecule has 0 aliphatic carbocycles. The van der Waals surface area contributed by atoms with E-state index in [4.69, 9.17) is 4.74 Å². The molecule has 2 aromatic heterocycles. The Labute approximate surface area is 218 Å². The number of rotatable bonds is 7. The van der Waals surface area contributed by atoms with E-state index in [1.54, 1.807) is 12.3 Å². The Morgan fingerprint density at radius 2 is 2.08 bits per heavy atom. The van der Waals surface area contributed by atoms with Gasteiger partial charge in [-0.05, 0) is 76.4 Å². The van der Waals surface area contributed by atoms with Crippen molar-refractivity contribution in [3.05, 3.63) is 76.1 Å². The number of aryl methyl sites for hydroxylation is 1. The lowest BCUT2D eigenvalue weighted by Crippen LogP contribution is -2.40. The van der Waals surface area contributed by atoms with Gasteiger partial charge in [0.2, 0.25) is 0 Å².